The highest BCUT2D eigenvalue weighted by atomic mass is 16.5. The molecule has 0 amide bonds. The number of hydrogen-bond donors (Lipinski definition) is 1. The molecule has 0 unspecified atom stereocenters. The molecule has 2 rings (SSSR count). The summed E-state index contributed by atoms with van der Waals surface area (Å²) >= 11 is 0. The van der Waals surface area contributed by atoms with Crippen molar-refractivity contribution in [2.75, 3.05) is 5.73 Å². The number of nitrogens with two attached hydrogens (primary N) is 1. The lowest BCUT2D eigenvalue weighted by atomic mass is 10.1. The van der Waals surface area contributed by atoms with Crippen LogP contribution in [-0.4, -0.2) is 16.1 Å². The predicted molar refractivity (Wildman–Crippen MR) is 63.4 cm³/mol. The molecule has 0 atom stereocenters. The highest BCUT2D eigenvalue weighted by Crippen LogP contribution is 2.31. The minimum atomic E-state index is 0.289. The molecule has 1 heterocycles. The molecule has 0 radical (unpaired) electrons. The van der Waals surface area contributed by atoms with Crippen molar-refractivity contribution >= 4 is 5.82 Å². The average Bonchev–Trinajstić information content (AvgIpc) is 2.70. The number of hydrogen-bond acceptors (Lipinski definition) is 4. The van der Waals surface area contributed by atoms with E-state index in [1.54, 1.807) is 0 Å². The van der Waals surface area contributed by atoms with Crippen LogP contribution in [0.4, 0.5) is 5.82 Å². The molecule has 0 saturated heterocycles. The number of aromatic nitrogens is 2. The normalized spacial score (nSPS) is 16.9. The second-order valence-electron chi connectivity index (χ2n) is 4.66. The number of nitrogen functional groups attached to an aromatic ring is 1. The molecule has 88 valence electrons. The van der Waals surface area contributed by atoms with Crippen LogP contribution in [0.3, 0.4) is 0 Å². The largest absolute Gasteiger partial charge is 0.474 e. The standard InChI is InChI=1S/C12H19N3O/c1-8(2)10-11(13)14-7-15-12(10)16-9-5-3-4-6-9/h7-9H,3-6H2,1-2H3,(H2,13,14,15). The first-order valence-corrected chi connectivity index (χ1v) is 5.95. The summed E-state index contributed by atoms with van der Waals surface area (Å²) in [6.45, 7) is 4.16. The third-order valence-electron chi connectivity index (χ3n) is 3.04. The zero-order valence-electron chi connectivity index (χ0n) is 9.94. The summed E-state index contributed by atoms with van der Waals surface area (Å²) in [6, 6.07) is 0. The maximum absolute atomic E-state index is 5.92. The van der Waals surface area contributed by atoms with E-state index in [1.165, 1.54) is 19.2 Å². The third-order valence-corrected chi connectivity index (χ3v) is 3.04. The Morgan fingerprint density at radius 3 is 2.62 bits per heavy atom. The summed E-state index contributed by atoms with van der Waals surface area (Å²) < 4.78 is 5.92. The lowest BCUT2D eigenvalue weighted by Crippen LogP contribution is -2.15. The molecular formula is C12H19N3O. The van der Waals surface area contributed by atoms with Gasteiger partial charge in [-0.1, -0.05) is 13.8 Å². The number of rotatable bonds is 3. The van der Waals surface area contributed by atoms with Crippen molar-refractivity contribution in [1.29, 1.82) is 0 Å². The second-order valence-corrected chi connectivity index (χ2v) is 4.66. The smallest absolute Gasteiger partial charge is 0.222 e. The van der Waals surface area contributed by atoms with Crippen molar-refractivity contribution in [2.24, 2.45) is 0 Å². The molecule has 1 saturated carbocycles. The molecule has 1 aliphatic carbocycles. The van der Waals surface area contributed by atoms with Crippen molar-refractivity contribution in [3.05, 3.63) is 11.9 Å². The van der Waals surface area contributed by atoms with Crippen LogP contribution >= 0.6 is 0 Å². The van der Waals surface area contributed by atoms with Gasteiger partial charge in [0.1, 0.15) is 18.2 Å². The zero-order valence-corrected chi connectivity index (χ0v) is 9.94. The van der Waals surface area contributed by atoms with Crippen LogP contribution in [-0.2, 0) is 0 Å². The van der Waals surface area contributed by atoms with E-state index >= 15 is 0 Å². The summed E-state index contributed by atoms with van der Waals surface area (Å²) in [5.74, 6) is 1.50. The molecule has 1 aromatic rings. The van der Waals surface area contributed by atoms with E-state index in [0.717, 1.165) is 18.4 Å². The maximum Gasteiger partial charge on any atom is 0.222 e. The molecule has 1 aromatic heterocycles. The minimum absolute atomic E-state index is 0.289. The van der Waals surface area contributed by atoms with Crippen LogP contribution < -0.4 is 10.5 Å². The topological polar surface area (TPSA) is 61.0 Å². The first-order valence-electron chi connectivity index (χ1n) is 5.95. The van der Waals surface area contributed by atoms with E-state index < -0.39 is 0 Å². The van der Waals surface area contributed by atoms with Gasteiger partial charge in [0.15, 0.2) is 0 Å². The molecular weight excluding hydrogens is 202 g/mol. The molecule has 4 nitrogen and oxygen atoms in total. The molecule has 2 N–H and O–H groups in total. The van der Waals surface area contributed by atoms with E-state index in [-0.39, 0.29) is 5.92 Å². The summed E-state index contributed by atoms with van der Waals surface area (Å²) in [5, 5.41) is 0. The Labute approximate surface area is 96.2 Å². The third kappa shape index (κ3) is 2.26. The fraction of sp³-hybridized carbons (Fsp3) is 0.667. The molecule has 1 aliphatic rings. The van der Waals surface area contributed by atoms with Crippen molar-refractivity contribution in [3.8, 4) is 5.88 Å². The van der Waals surface area contributed by atoms with Gasteiger partial charge in [0.25, 0.3) is 0 Å². The van der Waals surface area contributed by atoms with Gasteiger partial charge in [0.2, 0.25) is 5.88 Å². The molecule has 0 aliphatic heterocycles. The highest BCUT2D eigenvalue weighted by molar-refractivity contribution is 5.46. The van der Waals surface area contributed by atoms with E-state index in [1.807, 2.05) is 0 Å². The Bertz CT molecular complexity index is 359. The minimum Gasteiger partial charge on any atom is -0.474 e. The van der Waals surface area contributed by atoms with E-state index in [9.17, 15) is 0 Å². The van der Waals surface area contributed by atoms with Crippen molar-refractivity contribution in [2.45, 2.75) is 51.6 Å². The summed E-state index contributed by atoms with van der Waals surface area (Å²) in [4.78, 5) is 8.23. The van der Waals surface area contributed by atoms with Crippen molar-refractivity contribution < 1.29 is 4.74 Å². The number of ether oxygens (including phenoxy) is 1. The highest BCUT2D eigenvalue weighted by Gasteiger charge is 2.21. The second kappa shape index (κ2) is 4.68. The van der Waals surface area contributed by atoms with Gasteiger partial charge in [-0.15, -0.1) is 0 Å². The van der Waals surface area contributed by atoms with Gasteiger partial charge in [-0.25, -0.2) is 9.97 Å². The van der Waals surface area contributed by atoms with Gasteiger partial charge in [0, 0.05) is 0 Å². The van der Waals surface area contributed by atoms with Gasteiger partial charge in [-0.3, -0.25) is 0 Å². The number of nitrogens with zero attached hydrogens (tertiary/aromatic N) is 2. The van der Waals surface area contributed by atoms with Crippen molar-refractivity contribution in [3.63, 3.8) is 0 Å². The molecule has 0 spiro atoms. The van der Waals surface area contributed by atoms with Crippen LogP contribution in [0.1, 0.15) is 51.0 Å². The Morgan fingerprint density at radius 1 is 1.31 bits per heavy atom. The van der Waals surface area contributed by atoms with Gasteiger partial charge in [0.05, 0.1) is 5.56 Å². The zero-order chi connectivity index (χ0) is 11.5. The Morgan fingerprint density at radius 2 is 2.00 bits per heavy atom. The lowest BCUT2D eigenvalue weighted by Gasteiger charge is -2.17. The molecule has 0 bridgehead atoms. The SMILES string of the molecule is CC(C)c1c(N)ncnc1OC1CCCC1. The fourth-order valence-electron chi connectivity index (χ4n) is 2.19. The molecule has 4 heteroatoms. The first kappa shape index (κ1) is 11.2. The van der Waals surface area contributed by atoms with Gasteiger partial charge in [-0.2, -0.15) is 0 Å². The molecule has 1 fully saturated rings. The monoisotopic (exact) mass is 221 g/mol. The summed E-state index contributed by atoms with van der Waals surface area (Å²) in [7, 11) is 0. The summed E-state index contributed by atoms with van der Waals surface area (Å²) in [5.41, 5.74) is 6.80. The van der Waals surface area contributed by atoms with E-state index in [2.05, 4.69) is 23.8 Å². The Hall–Kier alpha value is -1.32. The summed E-state index contributed by atoms with van der Waals surface area (Å²) in [6.07, 6.45) is 6.55. The van der Waals surface area contributed by atoms with Crippen molar-refractivity contribution in [1.82, 2.24) is 9.97 Å². The van der Waals surface area contributed by atoms with E-state index in [0.29, 0.717) is 17.8 Å². The quantitative estimate of drug-likeness (QED) is 0.851. The molecule has 0 aromatic carbocycles. The Kier molecular flexibility index (Phi) is 3.27. The van der Waals surface area contributed by atoms with Crippen LogP contribution in [0.2, 0.25) is 0 Å². The average molecular weight is 221 g/mol. The lowest BCUT2D eigenvalue weighted by molar-refractivity contribution is 0.198. The maximum atomic E-state index is 5.92. The van der Waals surface area contributed by atoms with Crippen LogP contribution in [0.5, 0.6) is 5.88 Å². The fourth-order valence-corrected chi connectivity index (χ4v) is 2.19. The van der Waals surface area contributed by atoms with Crippen LogP contribution in [0, 0.1) is 0 Å². The van der Waals surface area contributed by atoms with Gasteiger partial charge < -0.3 is 10.5 Å². The van der Waals surface area contributed by atoms with Gasteiger partial charge >= 0.3 is 0 Å². The van der Waals surface area contributed by atoms with Crippen LogP contribution in [0.15, 0.2) is 6.33 Å². The Balaban J connectivity index is 2.21. The van der Waals surface area contributed by atoms with E-state index in [4.69, 9.17) is 10.5 Å². The van der Waals surface area contributed by atoms with Gasteiger partial charge in [-0.05, 0) is 31.6 Å². The predicted octanol–water partition coefficient (Wildman–Crippen LogP) is 2.50. The molecule has 16 heavy (non-hydrogen) atoms. The first-order chi connectivity index (χ1) is 7.68. The van der Waals surface area contributed by atoms with Crippen LogP contribution in [0.25, 0.3) is 0 Å². The number of anilines is 1.